The highest BCUT2D eigenvalue weighted by Gasteiger charge is 2.26. The van der Waals surface area contributed by atoms with Crippen molar-refractivity contribution < 1.29 is 4.79 Å². The smallest absolute Gasteiger partial charge is 0.322 e. The molecule has 0 saturated carbocycles. The lowest BCUT2D eigenvalue weighted by molar-refractivity contribution is 0.158. The number of hydrogen-bond donors (Lipinski definition) is 2. The number of carbonyl (C=O) groups is 1. The molecule has 0 bridgehead atoms. The van der Waals surface area contributed by atoms with Crippen LogP contribution in [0.1, 0.15) is 25.7 Å². The van der Waals surface area contributed by atoms with Crippen LogP contribution in [0, 0.1) is 0 Å². The number of amides is 2. The van der Waals surface area contributed by atoms with Gasteiger partial charge in [-0.1, -0.05) is 11.6 Å². The van der Waals surface area contributed by atoms with Crippen LogP contribution in [0.5, 0.6) is 0 Å². The fourth-order valence-electron chi connectivity index (χ4n) is 2.61. The standard InChI is InChI=1S/C15H22ClN3O/c1-17-10-9-14-4-2-3-11-19(14)15(20)18-13-7-5-12(16)6-8-13/h5-8,14,17H,2-4,9-11H2,1H3,(H,18,20). The van der Waals surface area contributed by atoms with Crippen molar-refractivity contribution in [2.45, 2.75) is 31.7 Å². The summed E-state index contributed by atoms with van der Waals surface area (Å²) in [6.45, 7) is 1.78. The van der Waals surface area contributed by atoms with Gasteiger partial charge in [0.2, 0.25) is 0 Å². The van der Waals surface area contributed by atoms with Crippen LogP contribution in [0.4, 0.5) is 10.5 Å². The Morgan fingerprint density at radius 1 is 1.35 bits per heavy atom. The molecule has 1 unspecified atom stereocenters. The third-order valence-electron chi connectivity index (χ3n) is 3.71. The number of urea groups is 1. The zero-order valence-corrected chi connectivity index (χ0v) is 12.6. The Hall–Kier alpha value is -1.26. The number of nitrogens with zero attached hydrogens (tertiary/aromatic N) is 1. The molecule has 1 aliphatic heterocycles. The number of rotatable bonds is 4. The average molecular weight is 296 g/mol. The van der Waals surface area contributed by atoms with Crippen molar-refractivity contribution in [3.63, 3.8) is 0 Å². The van der Waals surface area contributed by atoms with E-state index in [-0.39, 0.29) is 6.03 Å². The summed E-state index contributed by atoms with van der Waals surface area (Å²) in [4.78, 5) is 14.4. The van der Waals surface area contributed by atoms with Gasteiger partial charge in [-0.15, -0.1) is 0 Å². The largest absolute Gasteiger partial charge is 0.322 e. The predicted molar refractivity (Wildman–Crippen MR) is 83.4 cm³/mol. The van der Waals surface area contributed by atoms with Gasteiger partial charge in [0.25, 0.3) is 0 Å². The van der Waals surface area contributed by atoms with Crippen LogP contribution in [0.15, 0.2) is 24.3 Å². The van der Waals surface area contributed by atoms with Crippen molar-refractivity contribution in [2.75, 3.05) is 25.5 Å². The Labute approximate surface area is 125 Å². The molecule has 1 heterocycles. The topological polar surface area (TPSA) is 44.4 Å². The summed E-state index contributed by atoms with van der Waals surface area (Å²) in [6.07, 6.45) is 4.39. The molecule has 20 heavy (non-hydrogen) atoms. The van der Waals surface area contributed by atoms with Crippen molar-refractivity contribution in [3.8, 4) is 0 Å². The molecule has 1 aliphatic rings. The minimum atomic E-state index is -0.00637. The van der Waals surface area contributed by atoms with E-state index >= 15 is 0 Å². The van der Waals surface area contributed by atoms with Gasteiger partial charge in [-0.25, -0.2) is 4.79 Å². The van der Waals surface area contributed by atoms with E-state index in [1.54, 1.807) is 12.1 Å². The summed E-state index contributed by atoms with van der Waals surface area (Å²) in [5.41, 5.74) is 0.789. The second kappa shape index (κ2) is 7.50. The molecule has 1 atom stereocenters. The lowest BCUT2D eigenvalue weighted by Gasteiger charge is -2.35. The minimum absolute atomic E-state index is 0.00637. The van der Waals surface area contributed by atoms with Crippen LogP contribution >= 0.6 is 11.6 Å². The molecule has 1 saturated heterocycles. The number of benzene rings is 1. The minimum Gasteiger partial charge on any atom is -0.322 e. The van der Waals surface area contributed by atoms with Gasteiger partial charge < -0.3 is 15.5 Å². The number of halogens is 1. The van der Waals surface area contributed by atoms with Crippen molar-refractivity contribution >= 4 is 23.3 Å². The van der Waals surface area contributed by atoms with Gasteiger partial charge in [-0.05, 0) is 63.5 Å². The molecule has 1 fully saturated rings. The maximum Gasteiger partial charge on any atom is 0.322 e. The van der Waals surface area contributed by atoms with Crippen LogP contribution < -0.4 is 10.6 Å². The van der Waals surface area contributed by atoms with Crippen LogP contribution in [0.25, 0.3) is 0 Å². The van der Waals surface area contributed by atoms with E-state index in [1.807, 2.05) is 24.1 Å². The Kier molecular flexibility index (Phi) is 5.68. The number of piperidine rings is 1. The highest BCUT2D eigenvalue weighted by atomic mass is 35.5. The highest BCUT2D eigenvalue weighted by Crippen LogP contribution is 2.21. The molecule has 0 spiro atoms. The normalized spacial score (nSPS) is 18.9. The number of nitrogens with one attached hydrogen (secondary N) is 2. The van der Waals surface area contributed by atoms with Gasteiger partial charge in [0.15, 0.2) is 0 Å². The van der Waals surface area contributed by atoms with Gasteiger partial charge in [0, 0.05) is 23.3 Å². The van der Waals surface area contributed by atoms with E-state index in [9.17, 15) is 4.79 Å². The van der Waals surface area contributed by atoms with Crippen LogP contribution in [-0.4, -0.2) is 37.1 Å². The molecule has 1 aromatic rings. The Morgan fingerprint density at radius 2 is 2.10 bits per heavy atom. The summed E-state index contributed by atoms with van der Waals surface area (Å²) in [6, 6.07) is 7.55. The van der Waals surface area contributed by atoms with Crippen LogP contribution in [-0.2, 0) is 0 Å². The predicted octanol–water partition coefficient (Wildman–Crippen LogP) is 3.34. The maximum absolute atomic E-state index is 12.4. The van der Waals surface area contributed by atoms with E-state index in [2.05, 4.69) is 10.6 Å². The zero-order chi connectivity index (χ0) is 14.4. The first kappa shape index (κ1) is 15.1. The number of anilines is 1. The van der Waals surface area contributed by atoms with E-state index in [0.29, 0.717) is 11.1 Å². The van der Waals surface area contributed by atoms with Crippen molar-refractivity contribution in [3.05, 3.63) is 29.3 Å². The third-order valence-corrected chi connectivity index (χ3v) is 3.96. The SMILES string of the molecule is CNCCC1CCCCN1C(=O)Nc1ccc(Cl)cc1. The molecular weight excluding hydrogens is 274 g/mol. The van der Waals surface area contributed by atoms with Crippen LogP contribution in [0.3, 0.4) is 0 Å². The van der Waals surface area contributed by atoms with Gasteiger partial charge in [-0.2, -0.15) is 0 Å². The summed E-state index contributed by atoms with van der Waals surface area (Å²) in [7, 11) is 1.95. The Balaban J connectivity index is 1.96. The first-order valence-electron chi connectivity index (χ1n) is 7.18. The molecule has 0 aliphatic carbocycles. The van der Waals surface area contributed by atoms with E-state index in [1.165, 1.54) is 6.42 Å². The van der Waals surface area contributed by atoms with Gasteiger partial charge in [-0.3, -0.25) is 0 Å². The van der Waals surface area contributed by atoms with Crippen molar-refractivity contribution in [2.24, 2.45) is 0 Å². The van der Waals surface area contributed by atoms with E-state index < -0.39 is 0 Å². The van der Waals surface area contributed by atoms with Gasteiger partial charge >= 0.3 is 6.03 Å². The quantitative estimate of drug-likeness (QED) is 0.895. The maximum atomic E-state index is 12.4. The lowest BCUT2D eigenvalue weighted by Crippen LogP contribution is -2.46. The molecule has 1 aromatic carbocycles. The van der Waals surface area contributed by atoms with Crippen molar-refractivity contribution in [1.29, 1.82) is 0 Å². The first-order chi connectivity index (χ1) is 9.70. The molecule has 4 nitrogen and oxygen atoms in total. The molecule has 5 heteroatoms. The van der Waals surface area contributed by atoms with Crippen molar-refractivity contribution in [1.82, 2.24) is 10.2 Å². The summed E-state index contributed by atoms with van der Waals surface area (Å²) in [5.74, 6) is 0. The van der Waals surface area contributed by atoms with Gasteiger partial charge in [0.05, 0.1) is 0 Å². The molecule has 0 aromatic heterocycles. The van der Waals surface area contributed by atoms with Crippen LogP contribution in [0.2, 0.25) is 5.02 Å². The van der Waals surface area contributed by atoms with E-state index in [4.69, 9.17) is 11.6 Å². The second-order valence-electron chi connectivity index (χ2n) is 5.17. The summed E-state index contributed by atoms with van der Waals surface area (Å²) in [5, 5.41) is 6.78. The first-order valence-corrected chi connectivity index (χ1v) is 7.56. The van der Waals surface area contributed by atoms with Gasteiger partial charge in [0.1, 0.15) is 0 Å². The second-order valence-corrected chi connectivity index (χ2v) is 5.61. The van der Waals surface area contributed by atoms with E-state index in [0.717, 1.165) is 38.0 Å². The molecular formula is C15H22ClN3O. The Bertz CT molecular complexity index is 435. The number of carbonyl (C=O) groups excluding carboxylic acids is 1. The third kappa shape index (κ3) is 4.12. The number of likely N-dealkylation sites (tertiary alicyclic amines) is 1. The zero-order valence-electron chi connectivity index (χ0n) is 11.9. The monoisotopic (exact) mass is 295 g/mol. The Morgan fingerprint density at radius 3 is 2.80 bits per heavy atom. The molecule has 2 rings (SSSR count). The molecule has 110 valence electrons. The number of hydrogen-bond acceptors (Lipinski definition) is 2. The highest BCUT2D eigenvalue weighted by molar-refractivity contribution is 6.30. The molecule has 2 N–H and O–H groups in total. The summed E-state index contributed by atoms with van der Waals surface area (Å²) >= 11 is 5.85. The fraction of sp³-hybridized carbons (Fsp3) is 0.533. The average Bonchev–Trinajstić information content (AvgIpc) is 2.47. The molecule has 2 amide bonds. The lowest BCUT2D eigenvalue weighted by atomic mass is 10.00. The summed E-state index contributed by atoms with van der Waals surface area (Å²) < 4.78 is 0. The fourth-order valence-corrected chi connectivity index (χ4v) is 2.73. The molecule has 0 radical (unpaired) electrons.